The summed E-state index contributed by atoms with van der Waals surface area (Å²) in [4.78, 5) is 16.4. The maximum atomic E-state index is 12.4. The molecule has 0 aliphatic heterocycles. The Hall–Kier alpha value is -2.88. The molecule has 0 radical (unpaired) electrons. The molecule has 21 heavy (non-hydrogen) atoms. The molecule has 0 fully saturated rings. The van der Waals surface area contributed by atoms with Crippen molar-refractivity contribution in [1.82, 2.24) is 4.98 Å². The number of nitrogens with one attached hydrogen (secondary N) is 1. The van der Waals surface area contributed by atoms with E-state index >= 15 is 0 Å². The van der Waals surface area contributed by atoms with Gasteiger partial charge in [0.15, 0.2) is 0 Å². The maximum Gasteiger partial charge on any atom is 0.255 e. The number of carbonyl (C=O) groups excluding carboxylic acids is 1. The van der Waals surface area contributed by atoms with Crippen LogP contribution in [0.1, 0.15) is 15.9 Å². The van der Waals surface area contributed by atoms with Crippen molar-refractivity contribution in [3.05, 3.63) is 66.0 Å². The molecule has 0 aliphatic rings. The number of carbonyl (C=O) groups is 1. The molecule has 1 aromatic heterocycles. The number of hydrogen-bond donors (Lipinski definition) is 2. The molecule has 3 rings (SSSR count). The third kappa shape index (κ3) is 2.56. The lowest BCUT2D eigenvalue weighted by Crippen LogP contribution is -2.12. The van der Waals surface area contributed by atoms with Gasteiger partial charge in [-0.05, 0) is 42.8 Å². The maximum absolute atomic E-state index is 12.4. The summed E-state index contributed by atoms with van der Waals surface area (Å²) in [7, 11) is 0. The topological polar surface area (TPSA) is 68.0 Å². The van der Waals surface area contributed by atoms with Crippen molar-refractivity contribution in [2.24, 2.45) is 0 Å². The van der Waals surface area contributed by atoms with Gasteiger partial charge in [0.05, 0.1) is 0 Å². The van der Waals surface area contributed by atoms with Crippen LogP contribution in [0.3, 0.4) is 0 Å². The van der Waals surface area contributed by atoms with Crippen LogP contribution in [0.2, 0.25) is 0 Å². The molecule has 4 heteroatoms. The molecule has 0 bridgehead atoms. The first-order valence-electron chi connectivity index (χ1n) is 6.65. The number of anilines is 2. The number of pyridine rings is 1. The summed E-state index contributed by atoms with van der Waals surface area (Å²) >= 11 is 0. The van der Waals surface area contributed by atoms with Crippen molar-refractivity contribution in [2.45, 2.75) is 6.92 Å². The summed E-state index contributed by atoms with van der Waals surface area (Å²) in [6.45, 7) is 1.88. The van der Waals surface area contributed by atoms with Crippen LogP contribution in [0, 0.1) is 6.92 Å². The molecule has 2 aromatic carbocycles. The van der Waals surface area contributed by atoms with E-state index in [0.717, 1.165) is 22.0 Å². The van der Waals surface area contributed by atoms with Crippen LogP contribution in [0.25, 0.3) is 10.8 Å². The lowest BCUT2D eigenvalue weighted by molar-refractivity contribution is 0.102. The fourth-order valence-corrected chi connectivity index (χ4v) is 2.24. The van der Waals surface area contributed by atoms with Crippen LogP contribution in [0.5, 0.6) is 0 Å². The Morgan fingerprint density at radius 3 is 2.86 bits per heavy atom. The van der Waals surface area contributed by atoms with Gasteiger partial charge in [0.1, 0.15) is 0 Å². The SMILES string of the molecule is Cc1cc(C(=O)Nc2cccc3cnccc23)ccc1N. The van der Waals surface area contributed by atoms with Gasteiger partial charge < -0.3 is 11.1 Å². The van der Waals surface area contributed by atoms with Crippen LogP contribution in [0.15, 0.2) is 54.9 Å². The number of aromatic nitrogens is 1. The third-order valence-electron chi connectivity index (χ3n) is 3.46. The molecule has 0 atom stereocenters. The van der Waals surface area contributed by atoms with Gasteiger partial charge in [-0.25, -0.2) is 0 Å². The highest BCUT2D eigenvalue weighted by Gasteiger charge is 2.09. The molecule has 0 aliphatic carbocycles. The fourth-order valence-electron chi connectivity index (χ4n) is 2.24. The smallest absolute Gasteiger partial charge is 0.255 e. The molecule has 1 amide bonds. The van der Waals surface area contributed by atoms with Crippen molar-refractivity contribution in [3.8, 4) is 0 Å². The summed E-state index contributed by atoms with van der Waals surface area (Å²) in [5.41, 5.74) is 8.72. The lowest BCUT2D eigenvalue weighted by atomic mass is 10.1. The van der Waals surface area contributed by atoms with E-state index in [1.807, 2.05) is 31.2 Å². The number of benzene rings is 2. The summed E-state index contributed by atoms with van der Waals surface area (Å²) < 4.78 is 0. The van der Waals surface area contributed by atoms with E-state index in [-0.39, 0.29) is 5.91 Å². The molecule has 3 N–H and O–H groups in total. The van der Waals surface area contributed by atoms with Crippen molar-refractivity contribution >= 4 is 28.1 Å². The predicted molar refractivity (Wildman–Crippen MR) is 85.3 cm³/mol. The zero-order valence-electron chi connectivity index (χ0n) is 11.6. The van der Waals surface area contributed by atoms with E-state index in [2.05, 4.69) is 10.3 Å². The second-order valence-electron chi connectivity index (χ2n) is 4.93. The Balaban J connectivity index is 1.94. The van der Waals surface area contributed by atoms with Crippen molar-refractivity contribution in [3.63, 3.8) is 0 Å². The van der Waals surface area contributed by atoms with Crippen LogP contribution < -0.4 is 11.1 Å². The van der Waals surface area contributed by atoms with E-state index in [4.69, 9.17) is 5.73 Å². The first-order valence-corrected chi connectivity index (χ1v) is 6.65. The summed E-state index contributed by atoms with van der Waals surface area (Å²) in [6, 6.07) is 12.9. The van der Waals surface area contributed by atoms with Crippen LogP contribution in [-0.4, -0.2) is 10.9 Å². The van der Waals surface area contributed by atoms with E-state index in [9.17, 15) is 4.79 Å². The van der Waals surface area contributed by atoms with Crippen LogP contribution >= 0.6 is 0 Å². The Morgan fingerprint density at radius 2 is 2.05 bits per heavy atom. The molecule has 4 nitrogen and oxygen atoms in total. The Kier molecular flexibility index (Phi) is 3.28. The molecule has 1 heterocycles. The largest absolute Gasteiger partial charge is 0.399 e. The summed E-state index contributed by atoms with van der Waals surface area (Å²) in [6.07, 6.45) is 3.49. The van der Waals surface area contributed by atoms with Gasteiger partial charge in [-0.3, -0.25) is 9.78 Å². The molecule has 0 saturated heterocycles. The number of aryl methyl sites for hydroxylation is 1. The molecule has 0 saturated carbocycles. The second-order valence-corrected chi connectivity index (χ2v) is 4.93. The van der Waals surface area contributed by atoms with Gasteiger partial charge in [-0.2, -0.15) is 0 Å². The number of rotatable bonds is 2. The average Bonchev–Trinajstić information content (AvgIpc) is 2.50. The van der Waals surface area contributed by atoms with Crippen LogP contribution in [-0.2, 0) is 0 Å². The molecular weight excluding hydrogens is 262 g/mol. The van der Waals surface area contributed by atoms with Crippen molar-refractivity contribution in [2.75, 3.05) is 11.1 Å². The monoisotopic (exact) mass is 277 g/mol. The standard InChI is InChI=1S/C17H15N3O/c1-11-9-12(5-6-15(11)18)17(21)20-16-4-2-3-13-10-19-8-7-14(13)16/h2-10H,18H2,1H3,(H,20,21). The number of amides is 1. The van der Waals surface area contributed by atoms with E-state index in [0.29, 0.717) is 11.3 Å². The van der Waals surface area contributed by atoms with Crippen molar-refractivity contribution < 1.29 is 4.79 Å². The number of nitrogens with two attached hydrogens (primary N) is 1. The molecule has 104 valence electrons. The number of fused-ring (bicyclic) bond motifs is 1. The quantitative estimate of drug-likeness (QED) is 0.706. The van der Waals surface area contributed by atoms with Gasteiger partial charge in [0.2, 0.25) is 0 Å². The summed E-state index contributed by atoms with van der Waals surface area (Å²) in [5.74, 6) is -0.151. The van der Waals surface area contributed by atoms with E-state index in [1.165, 1.54) is 0 Å². The Morgan fingerprint density at radius 1 is 1.19 bits per heavy atom. The zero-order chi connectivity index (χ0) is 14.8. The third-order valence-corrected chi connectivity index (χ3v) is 3.46. The van der Waals surface area contributed by atoms with Gasteiger partial charge in [0, 0.05) is 40.1 Å². The zero-order valence-corrected chi connectivity index (χ0v) is 11.6. The minimum atomic E-state index is -0.151. The number of nitrogens with zero attached hydrogens (tertiary/aromatic N) is 1. The molecule has 0 unspecified atom stereocenters. The highest BCUT2D eigenvalue weighted by Crippen LogP contribution is 2.23. The first-order chi connectivity index (χ1) is 10.1. The highest BCUT2D eigenvalue weighted by molar-refractivity contribution is 6.09. The van der Waals surface area contributed by atoms with Gasteiger partial charge >= 0.3 is 0 Å². The Bertz CT molecular complexity index is 822. The normalized spacial score (nSPS) is 10.5. The fraction of sp³-hybridized carbons (Fsp3) is 0.0588. The highest BCUT2D eigenvalue weighted by atomic mass is 16.1. The van der Waals surface area contributed by atoms with Crippen LogP contribution in [0.4, 0.5) is 11.4 Å². The summed E-state index contributed by atoms with van der Waals surface area (Å²) in [5, 5.41) is 4.90. The predicted octanol–water partition coefficient (Wildman–Crippen LogP) is 3.38. The molecular formula is C17H15N3O. The van der Waals surface area contributed by atoms with E-state index in [1.54, 1.807) is 30.6 Å². The molecule has 3 aromatic rings. The van der Waals surface area contributed by atoms with E-state index < -0.39 is 0 Å². The molecule has 0 spiro atoms. The van der Waals surface area contributed by atoms with Crippen molar-refractivity contribution in [1.29, 1.82) is 0 Å². The van der Waals surface area contributed by atoms with Gasteiger partial charge in [0.25, 0.3) is 5.91 Å². The minimum Gasteiger partial charge on any atom is -0.399 e. The van der Waals surface area contributed by atoms with Gasteiger partial charge in [-0.1, -0.05) is 12.1 Å². The minimum absolute atomic E-state index is 0.151. The number of hydrogen-bond acceptors (Lipinski definition) is 3. The first kappa shape index (κ1) is 13.1. The Labute approximate surface area is 122 Å². The van der Waals surface area contributed by atoms with Gasteiger partial charge in [-0.15, -0.1) is 0 Å². The average molecular weight is 277 g/mol. The lowest BCUT2D eigenvalue weighted by Gasteiger charge is -2.09. The number of nitrogen functional groups attached to an aromatic ring is 1. The second kappa shape index (κ2) is 5.25.